The van der Waals surface area contributed by atoms with Gasteiger partial charge in [0.15, 0.2) is 0 Å². The van der Waals surface area contributed by atoms with Gasteiger partial charge in [-0.2, -0.15) is 0 Å². The quantitative estimate of drug-likeness (QED) is 0.523. The zero-order chi connectivity index (χ0) is 13.8. The summed E-state index contributed by atoms with van der Waals surface area (Å²) in [5, 5.41) is 3.47. The molecule has 0 aliphatic heterocycles. The zero-order valence-electron chi connectivity index (χ0n) is 12.7. The molecule has 1 N–H and O–H groups in total. The fraction of sp³-hybridized carbons (Fsp3) is 1.00. The summed E-state index contributed by atoms with van der Waals surface area (Å²) in [6.07, 6.45) is 7.10. The molecule has 0 bridgehead atoms. The van der Waals surface area contributed by atoms with Crippen LogP contribution in [0, 0.1) is 0 Å². The molecule has 0 heterocycles. The van der Waals surface area contributed by atoms with Crippen LogP contribution in [0.4, 0.5) is 0 Å². The van der Waals surface area contributed by atoms with Crippen LogP contribution >= 0.6 is 0 Å². The summed E-state index contributed by atoms with van der Waals surface area (Å²) >= 11 is 0. The van der Waals surface area contributed by atoms with Crippen molar-refractivity contribution in [3.8, 4) is 0 Å². The highest BCUT2D eigenvalue weighted by Gasteiger charge is 2.37. The molecule has 0 radical (unpaired) electrons. The van der Waals surface area contributed by atoms with Crippen LogP contribution in [0.5, 0.6) is 0 Å². The summed E-state index contributed by atoms with van der Waals surface area (Å²) in [5.41, 5.74) is 0.174. The van der Waals surface area contributed by atoms with Crippen LogP contribution in [0.2, 0.25) is 0 Å². The second-order valence-electron chi connectivity index (χ2n) is 5.34. The predicted molar refractivity (Wildman–Crippen MR) is 77.6 cm³/mol. The molecule has 4 heteroatoms. The monoisotopic (exact) mass is 273 g/mol. The van der Waals surface area contributed by atoms with E-state index in [2.05, 4.69) is 12.2 Å². The van der Waals surface area contributed by atoms with Gasteiger partial charge in [0.2, 0.25) is 0 Å². The van der Waals surface area contributed by atoms with Gasteiger partial charge in [0.25, 0.3) is 0 Å². The molecule has 0 aromatic carbocycles. The molecule has 0 saturated heterocycles. The maximum absolute atomic E-state index is 6.10. The van der Waals surface area contributed by atoms with Gasteiger partial charge in [-0.25, -0.2) is 0 Å². The van der Waals surface area contributed by atoms with Crippen molar-refractivity contribution in [2.45, 2.75) is 51.0 Å². The van der Waals surface area contributed by atoms with E-state index in [-0.39, 0.29) is 5.60 Å². The largest absolute Gasteiger partial charge is 0.382 e. The normalized spacial score (nSPS) is 17.4. The van der Waals surface area contributed by atoms with Crippen LogP contribution in [-0.4, -0.2) is 52.2 Å². The van der Waals surface area contributed by atoms with Crippen molar-refractivity contribution in [1.29, 1.82) is 0 Å². The molecule has 19 heavy (non-hydrogen) atoms. The lowest BCUT2D eigenvalue weighted by atomic mass is 9.77. The van der Waals surface area contributed by atoms with Gasteiger partial charge < -0.3 is 19.5 Å². The third-order valence-electron chi connectivity index (χ3n) is 3.72. The summed E-state index contributed by atoms with van der Waals surface area (Å²) in [7, 11) is 1.69. The van der Waals surface area contributed by atoms with Gasteiger partial charge in [-0.1, -0.05) is 6.92 Å². The average Bonchev–Trinajstić information content (AvgIpc) is 2.38. The molecule has 0 unspecified atom stereocenters. The number of rotatable bonds is 13. The lowest BCUT2D eigenvalue weighted by Gasteiger charge is -2.42. The zero-order valence-corrected chi connectivity index (χ0v) is 12.7. The fourth-order valence-corrected chi connectivity index (χ4v) is 2.35. The molecule has 0 amide bonds. The molecule has 0 spiro atoms. The van der Waals surface area contributed by atoms with E-state index in [1.165, 1.54) is 25.7 Å². The first kappa shape index (κ1) is 16.9. The summed E-state index contributed by atoms with van der Waals surface area (Å²) in [6.45, 7) is 7.35. The third-order valence-corrected chi connectivity index (χ3v) is 3.72. The van der Waals surface area contributed by atoms with Crippen molar-refractivity contribution < 1.29 is 14.2 Å². The van der Waals surface area contributed by atoms with Gasteiger partial charge in [0.1, 0.15) is 0 Å². The van der Waals surface area contributed by atoms with E-state index in [4.69, 9.17) is 14.2 Å². The third kappa shape index (κ3) is 7.25. The van der Waals surface area contributed by atoms with E-state index in [1.54, 1.807) is 7.11 Å². The Morgan fingerprint density at radius 1 is 1.05 bits per heavy atom. The fourth-order valence-electron chi connectivity index (χ4n) is 2.35. The summed E-state index contributed by atoms with van der Waals surface area (Å²) in [6, 6.07) is 0. The van der Waals surface area contributed by atoms with Gasteiger partial charge in [0.05, 0.1) is 18.8 Å². The smallest absolute Gasteiger partial charge is 0.0700 e. The molecule has 1 fully saturated rings. The van der Waals surface area contributed by atoms with Gasteiger partial charge in [-0.3, -0.25) is 0 Å². The number of methoxy groups -OCH3 is 1. The van der Waals surface area contributed by atoms with Crippen LogP contribution in [0.3, 0.4) is 0 Å². The minimum atomic E-state index is 0.174. The van der Waals surface area contributed by atoms with Crippen LogP contribution in [-0.2, 0) is 14.2 Å². The lowest BCUT2D eigenvalue weighted by molar-refractivity contribution is -0.108. The van der Waals surface area contributed by atoms with E-state index in [1.807, 2.05) is 0 Å². The highest BCUT2D eigenvalue weighted by molar-refractivity contribution is 4.90. The van der Waals surface area contributed by atoms with Crippen LogP contribution in [0.15, 0.2) is 0 Å². The first-order chi connectivity index (χ1) is 9.33. The number of nitrogens with one attached hydrogen (secondary N) is 1. The first-order valence-electron chi connectivity index (χ1n) is 7.74. The molecule has 1 rings (SSSR count). The van der Waals surface area contributed by atoms with Gasteiger partial charge >= 0.3 is 0 Å². The molecular weight excluding hydrogens is 242 g/mol. The summed E-state index contributed by atoms with van der Waals surface area (Å²) in [5.74, 6) is 0. The maximum atomic E-state index is 6.10. The number of hydrogen-bond donors (Lipinski definition) is 1. The van der Waals surface area contributed by atoms with Crippen molar-refractivity contribution in [1.82, 2.24) is 5.32 Å². The minimum absolute atomic E-state index is 0.174. The second kappa shape index (κ2) is 10.6. The Morgan fingerprint density at radius 3 is 2.53 bits per heavy atom. The van der Waals surface area contributed by atoms with Crippen molar-refractivity contribution in [2.24, 2.45) is 0 Å². The van der Waals surface area contributed by atoms with Crippen molar-refractivity contribution in [3.63, 3.8) is 0 Å². The SMILES string of the molecule is CCCNCCC1(OCCCOCCOC)CCC1. The van der Waals surface area contributed by atoms with Gasteiger partial charge in [-0.05, 0) is 51.6 Å². The topological polar surface area (TPSA) is 39.7 Å². The Bertz CT molecular complexity index is 208. The Balaban J connectivity index is 1.98. The molecule has 4 nitrogen and oxygen atoms in total. The second-order valence-corrected chi connectivity index (χ2v) is 5.34. The molecule has 114 valence electrons. The molecule has 0 aromatic rings. The number of ether oxygens (including phenoxy) is 3. The molecule has 1 aliphatic rings. The Hall–Kier alpha value is -0.160. The van der Waals surface area contributed by atoms with Crippen molar-refractivity contribution in [2.75, 3.05) is 46.6 Å². The van der Waals surface area contributed by atoms with Gasteiger partial charge in [-0.15, -0.1) is 0 Å². The Labute approximate surface area is 118 Å². The van der Waals surface area contributed by atoms with E-state index < -0.39 is 0 Å². The Morgan fingerprint density at radius 2 is 1.89 bits per heavy atom. The standard InChI is InChI=1S/C15H31NO3/c1-3-9-16-10-8-15(6-4-7-15)19-12-5-11-18-14-13-17-2/h16H,3-14H2,1-2H3. The molecular formula is C15H31NO3. The van der Waals surface area contributed by atoms with Crippen molar-refractivity contribution in [3.05, 3.63) is 0 Å². The highest BCUT2D eigenvalue weighted by atomic mass is 16.5. The van der Waals surface area contributed by atoms with Gasteiger partial charge in [0, 0.05) is 20.3 Å². The summed E-state index contributed by atoms with van der Waals surface area (Å²) in [4.78, 5) is 0. The highest BCUT2D eigenvalue weighted by Crippen LogP contribution is 2.38. The predicted octanol–water partition coefficient (Wildman–Crippen LogP) is 2.37. The minimum Gasteiger partial charge on any atom is -0.382 e. The van der Waals surface area contributed by atoms with Crippen LogP contribution in [0.1, 0.15) is 45.4 Å². The first-order valence-corrected chi connectivity index (χ1v) is 7.74. The average molecular weight is 273 g/mol. The van der Waals surface area contributed by atoms with Crippen LogP contribution in [0.25, 0.3) is 0 Å². The van der Waals surface area contributed by atoms with E-state index in [0.29, 0.717) is 13.2 Å². The molecule has 0 atom stereocenters. The maximum Gasteiger partial charge on any atom is 0.0700 e. The molecule has 1 saturated carbocycles. The summed E-state index contributed by atoms with van der Waals surface area (Å²) < 4.78 is 16.5. The molecule has 1 aliphatic carbocycles. The van der Waals surface area contributed by atoms with E-state index in [0.717, 1.165) is 39.1 Å². The van der Waals surface area contributed by atoms with Crippen LogP contribution < -0.4 is 5.32 Å². The Kier molecular flexibility index (Phi) is 9.43. The van der Waals surface area contributed by atoms with E-state index in [9.17, 15) is 0 Å². The number of hydrogen-bond acceptors (Lipinski definition) is 4. The lowest BCUT2D eigenvalue weighted by Crippen LogP contribution is -2.43. The van der Waals surface area contributed by atoms with Crippen molar-refractivity contribution >= 4 is 0 Å². The molecule has 0 aromatic heterocycles. The van der Waals surface area contributed by atoms with E-state index >= 15 is 0 Å².